The zero-order chi connectivity index (χ0) is 37.9. The van der Waals surface area contributed by atoms with Gasteiger partial charge in [-0.3, -0.25) is 0 Å². The summed E-state index contributed by atoms with van der Waals surface area (Å²) in [5.41, 5.74) is 0. The molecule has 5 nitrogen and oxygen atoms in total. The average molecular weight is 743 g/mol. The third-order valence-electron chi connectivity index (χ3n) is 11.4. The second-order valence-electron chi connectivity index (χ2n) is 16.5. The summed E-state index contributed by atoms with van der Waals surface area (Å²) in [5, 5.41) is 0. The summed E-state index contributed by atoms with van der Waals surface area (Å²) in [6.07, 6.45) is 39.8. The molecule has 0 amide bonds. The Morgan fingerprint density at radius 1 is 0.377 bits per heavy atom. The lowest BCUT2D eigenvalue weighted by molar-refractivity contribution is -0.304. The smallest absolute Gasteiger partial charge is 0.372 e. The van der Waals surface area contributed by atoms with Crippen molar-refractivity contribution in [2.24, 2.45) is 0 Å². The van der Waals surface area contributed by atoms with Gasteiger partial charge in [0.15, 0.2) is 0 Å². The summed E-state index contributed by atoms with van der Waals surface area (Å²) in [4.78, 5) is 5.41. The molecule has 2 heterocycles. The highest BCUT2D eigenvalue weighted by Gasteiger charge is 2.39. The van der Waals surface area contributed by atoms with Crippen LogP contribution in [0.1, 0.15) is 220 Å². The van der Waals surface area contributed by atoms with Gasteiger partial charge in [-0.1, -0.05) is 182 Å². The average Bonchev–Trinajstić information content (AvgIpc) is 3.46. The van der Waals surface area contributed by atoms with Crippen molar-refractivity contribution in [2.45, 2.75) is 226 Å². The van der Waals surface area contributed by atoms with E-state index in [1.807, 2.05) is 24.3 Å². The van der Waals surface area contributed by atoms with Crippen molar-refractivity contribution in [2.75, 3.05) is 45.9 Å². The van der Waals surface area contributed by atoms with E-state index in [1.165, 1.54) is 193 Å². The van der Waals surface area contributed by atoms with E-state index in [0.29, 0.717) is 6.61 Å². The van der Waals surface area contributed by atoms with Gasteiger partial charge in [0.1, 0.15) is 11.5 Å². The van der Waals surface area contributed by atoms with Gasteiger partial charge in [0.2, 0.25) is 0 Å². The molecule has 0 saturated carbocycles. The highest BCUT2D eigenvalue weighted by atomic mass is 16.9. The minimum Gasteiger partial charge on any atom is -0.430 e. The Bertz CT molecular complexity index is 848. The molecule has 0 spiro atoms. The molecule has 0 radical (unpaired) electrons. The minimum atomic E-state index is -1.06. The first-order valence-corrected chi connectivity index (χ1v) is 23.7. The van der Waals surface area contributed by atoms with Gasteiger partial charge in [-0.05, 0) is 82.5 Å². The number of hydrogen-bond acceptors (Lipinski definition) is 5. The molecule has 1 aromatic carbocycles. The Balaban J connectivity index is 1.93. The Hall–Kier alpha value is -1.30. The van der Waals surface area contributed by atoms with Crippen molar-refractivity contribution in [3.05, 3.63) is 24.3 Å². The topological polar surface area (TPSA) is 34.2 Å². The van der Waals surface area contributed by atoms with Gasteiger partial charge in [0.05, 0.1) is 13.0 Å². The molecule has 0 N–H and O–H groups in total. The van der Waals surface area contributed by atoms with E-state index in [0.717, 1.165) is 50.5 Å². The molecule has 2 bridgehead atoms. The quantitative estimate of drug-likeness (QED) is 0.0626. The van der Waals surface area contributed by atoms with Crippen LogP contribution in [0.2, 0.25) is 0 Å². The molecule has 310 valence electrons. The van der Waals surface area contributed by atoms with Crippen LogP contribution in [0.25, 0.3) is 0 Å². The molecule has 1 aromatic rings. The second kappa shape index (κ2) is 34.0. The normalized spacial score (nSPS) is 13.5. The van der Waals surface area contributed by atoms with E-state index >= 15 is 0 Å². The molecule has 0 aromatic heterocycles. The van der Waals surface area contributed by atoms with Gasteiger partial charge < -0.3 is 24.0 Å². The lowest BCUT2D eigenvalue weighted by Gasteiger charge is -2.34. The van der Waals surface area contributed by atoms with Crippen molar-refractivity contribution in [3.8, 4) is 11.5 Å². The van der Waals surface area contributed by atoms with E-state index in [9.17, 15) is 0 Å². The molecular formula is C48H90N2O3. The second-order valence-corrected chi connectivity index (χ2v) is 16.5. The molecule has 2 aliphatic rings. The Morgan fingerprint density at radius 2 is 0.660 bits per heavy atom. The zero-order valence-electron chi connectivity index (χ0n) is 36.1. The third-order valence-corrected chi connectivity index (χ3v) is 11.4. The fraction of sp³-hybridized carbons (Fsp3) is 0.875. The van der Waals surface area contributed by atoms with Gasteiger partial charge >= 0.3 is 5.97 Å². The minimum absolute atomic E-state index is 0.653. The van der Waals surface area contributed by atoms with Gasteiger partial charge in [0, 0.05) is 13.1 Å². The summed E-state index contributed by atoms with van der Waals surface area (Å²) < 4.78 is 19.9. The molecule has 2 aliphatic heterocycles. The zero-order valence-corrected chi connectivity index (χ0v) is 36.1. The number of unbranched alkanes of at least 4 members (excludes halogenated alkanes) is 24. The molecule has 0 fully saturated rings. The lowest BCUT2D eigenvalue weighted by Crippen LogP contribution is -2.48. The SMILES string of the molecule is CCCCCCCCCN(CCCCCCCCC)CCCOC1(CCN(CCCCCCCCC)CCCCCCCCC)Oc2ccc(cc2)O1. The number of benzene rings is 1. The van der Waals surface area contributed by atoms with Gasteiger partial charge in [0.25, 0.3) is 0 Å². The van der Waals surface area contributed by atoms with E-state index in [4.69, 9.17) is 14.2 Å². The van der Waals surface area contributed by atoms with E-state index in [-0.39, 0.29) is 0 Å². The third kappa shape index (κ3) is 25.5. The van der Waals surface area contributed by atoms with E-state index in [2.05, 4.69) is 37.5 Å². The Morgan fingerprint density at radius 3 is 1.00 bits per heavy atom. The van der Waals surface area contributed by atoms with Gasteiger partial charge in [-0.2, -0.15) is 0 Å². The highest BCUT2D eigenvalue weighted by molar-refractivity contribution is 5.33. The highest BCUT2D eigenvalue weighted by Crippen LogP contribution is 2.33. The molecular weight excluding hydrogens is 653 g/mol. The first kappa shape index (κ1) is 47.9. The number of ether oxygens (including phenoxy) is 3. The van der Waals surface area contributed by atoms with Crippen LogP contribution < -0.4 is 9.47 Å². The van der Waals surface area contributed by atoms with Crippen molar-refractivity contribution < 1.29 is 14.2 Å². The Kier molecular flexibility index (Phi) is 30.7. The standard InChI is InChI=1S/C48H90N2O3/c1-5-9-13-17-21-25-29-39-49(40-30-26-22-18-14-10-6-2)43-33-45-51-48(52-46-34-35-47(53-48)37-36-46)38-44-50(41-31-27-23-19-15-11-7-3)42-32-28-24-20-16-12-8-4/h34-37H,5-33,38-45H2,1-4H3. The van der Waals surface area contributed by atoms with Crippen LogP contribution in [0.3, 0.4) is 0 Å². The molecule has 0 unspecified atom stereocenters. The maximum atomic E-state index is 6.73. The predicted molar refractivity (Wildman–Crippen MR) is 230 cm³/mol. The number of hydrogen-bond donors (Lipinski definition) is 0. The largest absolute Gasteiger partial charge is 0.430 e. The van der Waals surface area contributed by atoms with E-state index in [1.54, 1.807) is 0 Å². The van der Waals surface area contributed by atoms with Crippen LogP contribution in [0, 0.1) is 0 Å². The Labute approximate surface area is 331 Å². The summed E-state index contributed by atoms with van der Waals surface area (Å²) >= 11 is 0. The van der Waals surface area contributed by atoms with Crippen LogP contribution in [0.15, 0.2) is 24.3 Å². The van der Waals surface area contributed by atoms with Crippen molar-refractivity contribution in [3.63, 3.8) is 0 Å². The van der Waals surface area contributed by atoms with E-state index < -0.39 is 5.97 Å². The summed E-state index contributed by atoms with van der Waals surface area (Å²) in [5.74, 6) is 0.630. The monoisotopic (exact) mass is 743 g/mol. The molecule has 5 heteroatoms. The molecule has 3 rings (SSSR count). The molecule has 53 heavy (non-hydrogen) atoms. The maximum absolute atomic E-state index is 6.73. The van der Waals surface area contributed by atoms with Crippen LogP contribution in [0.4, 0.5) is 0 Å². The van der Waals surface area contributed by atoms with Crippen molar-refractivity contribution in [1.82, 2.24) is 9.80 Å². The van der Waals surface area contributed by atoms with Gasteiger partial charge in [-0.25, -0.2) is 0 Å². The maximum Gasteiger partial charge on any atom is 0.372 e. The van der Waals surface area contributed by atoms with Gasteiger partial charge in [-0.15, -0.1) is 0 Å². The summed E-state index contributed by atoms with van der Waals surface area (Å²) in [7, 11) is 0. The van der Waals surface area contributed by atoms with Crippen molar-refractivity contribution >= 4 is 0 Å². The van der Waals surface area contributed by atoms with Crippen LogP contribution >= 0.6 is 0 Å². The van der Waals surface area contributed by atoms with Crippen LogP contribution in [0.5, 0.6) is 11.5 Å². The first-order chi connectivity index (χ1) is 26.1. The molecule has 0 saturated heterocycles. The fourth-order valence-electron chi connectivity index (χ4n) is 7.84. The van der Waals surface area contributed by atoms with Crippen molar-refractivity contribution in [1.29, 1.82) is 0 Å². The number of nitrogens with zero attached hydrogens (tertiary/aromatic N) is 2. The fourth-order valence-corrected chi connectivity index (χ4v) is 7.84. The molecule has 0 aliphatic carbocycles. The first-order valence-electron chi connectivity index (χ1n) is 23.7. The molecule has 0 atom stereocenters. The summed E-state index contributed by atoms with van der Waals surface area (Å²) in [6.45, 7) is 16.7. The number of fused-ring (bicyclic) bond motifs is 4. The van der Waals surface area contributed by atoms with Crippen LogP contribution in [-0.2, 0) is 4.74 Å². The van der Waals surface area contributed by atoms with Crippen LogP contribution in [-0.4, -0.2) is 61.6 Å². The predicted octanol–water partition coefficient (Wildman–Crippen LogP) is 14.5. The lowest BCUT2D eigenvalue weighted by atomic mass is 10.1. The summed E-state index contributed by atoms with van der Waals surface area (Å²) in [6, 6.07) is 8.12. The number of rotatable bonds is 40.